The maximum Gasteiger partial charge on any atom is 0.274 e. The maximum atomic E-state index is 13.1. The molecular formula is C23H16FN5O. The first-order valence-corrected chi connectivity index (χ1v) is 9.32. The second-order valence-electron chi connectivity index (χ2n) is 6.74. The first-order valence-electron chi connectivity index (χ1n) is 9.32. The molecule has 0 aliphatic rings. The Morgan fingerprint density at radius 1 is 0.900 bits per heavy atom. The Balaban J connectivity index is 1.53. The average molecular weight is 397 g/mol. The number of carbonyl (C=O) groups is 1. The Kier molecular flexibility index (Phi) is 4.33. The van der Waals surface area contributed by atoms with Crippen molar-refractivity contribution >= 4 is 17.1 Å². The number of hydrogen-bond donors (Lipinski definition) is 1. The molecule has 30 heavy (non-hydrogen) atoms. The van der Waals surface area contributed by atoms with Crippen LogP contribution in [0.1, 0.15) is 10.5 Å². The number of benzene rings is 1. The molecule has 0 atom stereocenters. The van der Waals surface area contributed by atoms with Gasteiger partial charge in [-0.05, 0) is 60.2 Å². The maximum absolute atomic E-state index is 13.1. The van der Waals surface area contributed by atoms with Gasteiger partial charge in [-0.25, -0.2) is 9.07 Å². The van der Waals surface area contributed by atoms with E-state index in [4.69, 9.17) is 0 Å². The van der Waals surface area contributed by atoms with Crippen LogP contribution < -0.4 is 5.32 Å². The standard InChI is InChI=1S/C23H16FN5O/c24-18-4-6-19(7-5-18)27-23(30)21-11-13-26-29(21)22-10-9-20-8-3-17(15-28(20)22)16-2-1-12-25-14-16/h1-15H,(H,27,30). The van der Waals surface area contributed by atoms with Gasteiger partial charge in [0, 0.05) is 35.4 Å². The first kappa shape index (κ1) is 17.8. The minimum atomic E-state index is -0.359. The highest BCUT2D eigenvalue weighted by molar-refractivity contribution is 6.03. The van der Waals surface area contributed by atoms with Crippen molar-refractivity contribution in [2.45, 2.75) is 0 Å². The lowest BCUT2D eigenvalue weighted by atomic mass is 10.1. The summed E-state index contributed by atoms with van der Waals surface area (Å²) < 4.78 is 16.7. The van der Waals surface area contributed by atoms with E-state index in [1.54, 1.807) is 29.3 Å². The van der Waals surface area contributed by atoms with Gasteiger partial charge in [0.25, 0.3) is 5.91 Å². The van der Waals surface area contributed by atoms with Gasteiger partial charge in [0.15, 0.2) is 0 Å². The zero-order valence-electron chi connectivity index (χ0n) is 15.7. The summed E-state index contributed by atoms with van der Waals surface area (Å²) >= 11 is 0. The van der Waals surface area contributed by atoms with Gasteiger partial charge in [0.2, 0.25) is 0 Å². The molecule has 5 rings (SSSR count). The molecule has 0 unspecified atom stereocenters. The lowest BCUT2D eigenvalue weighted by Gasteiger charge is -2.10. The molecule has 0 bridgehead atoms. The van der Waals surface area contributed by atoms with Gasteiger partial charge >= 0.3 is 0 Å². The molecule has 1 N–H and O–H groups in total. The third-order valence-corrected chi connectivity index (χ3v) is 4.82. The fourth-order valence-electron chi connectivity index (χ4n) is 3.35. The zero-order valence-corrected chi connectivity index (χ0v) is 15.7. The van der Waals surface area contributed by atoms with Crippen molar-refractivity contribution in [3.05, 3.63) is 103 Å². The van der Waals surface area contributed by atoms with Gasteiger partial charge in [-0.2, -0.15) is 5.10 Å². The third-order valence-electron chi connectivity index (χ3n) is 4.82. The van der Waals surface area contributed by atoms with Crippen molar-refractivity contribution < 1.29 is 9.18 Å². The smallest absolute Gasteiger partial charge is 0.274 e. The van der Waals surface area contributed by atoms with Crippen LogP contribution in [-0.4, -0.2) is 25.1 Å². The van der Waals surface area contributed by atoms with Crippen LogP contribution in [0.3, 0.4) is 0 Å². The van der Waals surface area contributed by atoms with Gasteiger partial charge < -0.3 is 9.72 Å². The molecule has 4 heterocycles. The molecule has 146 valence electrons. The summed E-state index contributed by atoms with van der Waals surface area (Å²) in [4.78, 5) is 17.0. The minimum Gasteiger partial charge on any atom is -0.321 e. The Morgan fingerprint density at radius 3 is 2.53 bits per heavy atom. The number of rotatable bonds is 4. The van der Waals surface area contributed by atoms with E-state index in [0.717, 1.165) is 22.5 Å². The summed E-state index contributed by atoms with van der Waals surface area (Å²) in [6.45, 7) is 0. The number of pyridine rings is 2. The minimum absolute atomic E-state index is 0.336. The molecule has 1 aromatic carbocycles. The molecule has 1 amide bonds. The van der Waals surface area contributed by atoms with Gasteiger partial charge in [0.1, 0.15) is 17.3 Å². The van der Waals surface area contributed by atoms with Crippen LogP contribution >= 0.6 is 0 Å². The van der Waals surface area contributed by atoms with Crippen LogP contribution in [0.15, 0.2) is 91.5 Å². The van der Waals surface area contributed by atoms with Crippen LogP contribution in [0.25, 0.3) is 22.5 Å². The highest BCUT2D eigenvalue weighted by atomic mass is 19.1. The molecule has 0 aliphatic heterocycles. The Labute approximate surface area is 171 Å². The van der Waals surface area contributed by atoms with Gasteiger partial charge in [-0.3, -0.25) is 9.78 Å². The van der Waals surface area contributed by atoms with Crippen molar-refractivity contribution in [2.24, 2.45) is 0 Å². The summed E-state index contributed by atoms with van der Waals surface area (Å²) in [7, 11) is 0. The number of aromatic nitrogens is 4. The molecule has 0 aliphatic carbocycles. The topological polar surface area (TPSA) is 64.2 Å². The van der Waals surface area contributed by atoms with E-state index in [0.29, 0.717) is 11.4 Å². The summed E-state index contributed by atoms with van der Waals surface area (Å²) in [6, 6.07) is 19.1. The number of halogens is 1. The second-order valence-corrected chi connectivity index (χ2v) is 6.74. The summed E-state index contributed by atoms with van der Waals surface area (Å²) in [6.07, 6.45) is 7.10. The number of nitrogens with zero attached hydrogens (tertiary/aromatic N) is 4. The van der Waals surface area contributed by atoms with Crippen LogP contribution in [0.2, 0.25) is 0 Å². The van der Waals surface area contributed by atoms with E-state index in [2.05, 4.69) is 15.4 Å². The number of anilines is 1. The predicted molar refractivity (Wildman–Crippen MR) is 112 cm³/mol. The number of carbonyl (C=O) groups excluding carboxylic acids is 1. The molecular weight excluding hydrogens is 381 g/mol. The summed E-state index contributed by atoms with van der Waals surface area (Å²) in [5, 5.41) is 7.13. The second kappa shape index (κ2) is 7.29. The van der Waals surface area contributed by atoms with E-state index in [1.807, 2.05) is 47.0 Å². The van der Waals surface area contributed by atoms with Crippen molar-refractivity contribution in [2.75, 3.05) is 5.32 Å². The van der Waals surface area contributed by atoms with E-state index in [-0.39, 0.29) is 11.7 Å². The first-order chi connectivity index (χ1) is 14.7. The highest BCUT2D eigenvalue weighted by Crippen LogP contribution is 2.23. The third kappa shape index (κ3) is 3.22. The highest BCUT2D eigenvalue weighted by Gasteiger charge is 2.16. The van der Waals surface area contributed by atoms with Crippen LogP contribution in [-0.2, 0) is 0 Å². The van der Waals surface area contributed by atoms with Crippen molar-refractivity contribution in [1.82, 2.24) is 19.2 Å². The van der Waals surface area contributed by atoms with E-state index in [9.17, 15) is 9.18 Å². The summed E-state index contributed by atoms with van der Waals surface area (Å²) in [5.41, 5.74) is 3.84. The SMILES string of the molecule is O=C(Nc1ccc(F)cc1)c1ccnn1-c1ccc2ccc(-c3cccnc3)cn12. The molecule has 0 radical (unpaired) electrons. The molecule has 0 fully saturated rings. The van der Waals surface area contributed by atoms with E-state index < -0.39 is 0 Å². The molecule has 0 saturated carbocycles. The molecule has 0 saturated heterocycles. The van der Waals surface area contributed by atoms with E-state index in [1.165, 1.54) is 24.3 Å². The molecule has 4 aromatic heterocycles. The number of amides is 1. The Hall–Kier alpha value is -4.26. The predicted octanol–water partition coefficient (Wildman–Crippen LogP) is 4.58. The van der Waals surface area contributed by atoms with Crippen LogP contribution in [0, 0.1) is 5.82 Å². The number of fused-ring (bicyclic) bond motifs is 1. The quantitative estimate of drug-likeness (QED) is 0.483. The van der Waals surface area contributed by atoms with Gasteiger partial charge in [0.05, 0.1) is 6.20 Å². The normalized spacial score (nSPS) is 11.0. The fraction of sp³-hybridized carbons (Fsp3) is 0. The Morgan fingerprint density at radius 2 is 1.73 bits per heavy atom. The van der Waals surface area contributed by atoms with Crippen molar-refractivity contribution in [3.8, 4) is 16.9 Å². The van der Waals surface area contributed by atoms with Gasteiger partial charge in [-0.15, -0.1) is 0 Å². The monoisotopic (exact) mass is 397 g/mol. The average Bonchev–Trinajstić information content (AvgIpc) is 3.42. The lowest BCUT2D eigenvalue weighted by molar-refractivity contribution is 0.101. The van der Waals surface area contributed by atoms with Crippen molar-refractivity contribution in [1.29, 1.82) is 0 Å². The fourth-order valence-corrected chi connectivity index (χ4v) is 3.35. The molecule has 6 nitrogen and oxygen atoms in total. The number of hydrogen-bond acceptors (Lipinski definition) is 3. The van der Waals surface area contributed by atoms with Crippen molar-refractivity contribution in [3.63, 3.8) is 0 Å². The van der Waals surface area contributed by atoms with E-state index >= 15 is 0 Å². The molecule has 5 aromatic rings. The largest absolute Gasteiger partial charge is 0.321 e. The van der Waals surface area contributed by atoms with Crippen LogP contribution in [0.4, 0.5) is 10.1 Å². The van der Waals surface area contributed by atoms with Gasteiger partial charge in [-0.1, -0.05) is 12.1 Å². The molecule has 0 spiro atoms. The van der Waals surface area contributed by atoms with Crippen LogP contribution in [0.5, 0.6) is 0 Å². The zero-order chi connectivity index (χ0) is 20.5. The number of nitrogens with one attached hydrogen (secondary N) is 1. The molecule has 7 heteroatoms. The Bertz CT molecular complexity index is 1340. The lowest BCUT2D eigenvalue weighted by Crippen LogP contribution is -2.17. The summed E-state index contributed by atoms with van der Waals surface area (Å²) in [5.74, 6) is 0.0320.